The van der Waals surface area contributed by atoms with Gasteiger partial charge in [-0.05, 0) is 43.3 Å². The van der Waals surface area contributed by atoms with E-state index >= 15 is 0 Å². The Kier molecular flexibility index (Phi) is 5.74. The third-order valence-corrected chi connectivity index (χ3v) is 4.42. The Morgan fingerprint density at radius 2 is 1.67 bits per heavy atom. The number of rotatable bonds is 5. The first-order valence-electron chi connectivity index (χ1n) is 8.08. The van der Waals surface area contributed by atoms with Crippen LogP contribution < -0.4 is 10.6 Å². The van der Waals surface area contributed by atoms with Crippen LogP contribution in [-0.2, 0) is 0 Å². The molecule has 1 amide bonds. The summed E-state index contributed by atoms with van der Waals surface area (Å²) in [6, 6.07) is 16.2. The van der Waals surface area contributed by atoms with E-state index in [-0.39, 0.29) is 16.3 Å². The number of halogens is 2. The number of nitrogens with one attached hydrogen (secondary N) is 3. The Balaban J connectivity index is 1.92. The summed E-state index contributed by atoms with van der Waals surface area (Å²) in [5.41, 5.74) is 2.16. The fourth-order valence-electron chi connectivity index (χ4n) is 2.47. The number of nitrogens with zero attached hydrogens (tertiary/aromatic N) is 1. The van der Waals surface area contributed by atoms with Gasteiger partial charge in [-0.25, -0.2) is 4.98 Å². The minimum absolute atomic E-state index is 0.169. The molecule has 0 unspecified atom stereocenters. The van der Waals surface area contributed by atoms with Crippen molar-refractivity contribution >= 4 is 52.0 Å². The molecule has 3 N–H and O–H groups in total. The zero-order valence-corrected chi connectivity index (χ0v) is 15.9. The lowest BCUT2D eigenvalue weighted by atomic mass is 10.1. The van der Waals surface area contributed by atoms with Crippen molar-refractivity contribution in [3.8, 4) is 0 Å². The van der Waals surface area contributed by atoms with Crippen LogP contribution in [0.5, 0.6) is 0 Å². The molecule has 3 rings (SSSR count). The first-order valence-corrected chi connectivity index (χ1v) is 8.84. The van der Waals surface area contributed by atoms with Gasteiger partial charge in [0.15, 0.2) is 0 Å². The molecule has 0 aliphatic carbocycles. The van der Waals surface area contributed by atoms with Crippen molar-refractivity contribution in [3.05, 3.63) is 82.0 Å². The number of hydrogen-bond acceptors (Lipinski definition) is 4. The second kappa shape index (κ2) is 8.20. The highest BCUT2D eigenvalue weighted by molar-refractivity contribution is 6.38. The molecule has 7 heteroatoms. The van der Waals surface area contributed by atoms with Crippen LogP contribution >= 0.6 is 23.2 Å². The smallest absolute Gasteiger partial charge is 0.258 e. The Morgan fingerprint density at radius 3 is 2.30 bits per heavy atom. The van der Waals surface area contributed by atoms with Gasteiger partial charge in [0.05, 0.1) is 16.1 Å². The van der Waals surface area contributed by atoms with Crippen LogP contribution in [-0.4, -0.2) is 16.6 Å². The van der Waals surface area contributed by atoms with Crippen molar-refractivity contribution in [2.45, 2.75) is 6.92 Å². The van der Waals surface area contributed by atoms with Gasteiger partial charge in [0, 0.05) is 28.3 Å². The molecule has 0 aliphatic heterocycles. The van der Waals surface area contributed by atoms with E-state index in [2.05, 4.69) is 15.6 Å². The molecule has 0 saturated carbocycles. The van der Waals surface area contributed by atoms with Crippen LogP contribution in [0.2, 0.25) is 10.0 Å². The zero-order valence-electron chi connectivity index (χ0n) is 14.4. The average molecular weight is 399 g/mol. The highest BCUT2D eigenvalue weighted by Gasteiger charge is 2.20. The maximum Gasteiger partial charge on any atom is 0.258 e. The molecule has 0 saturated heterocycles. The molecule has 0 atom stereocenters. The maximum atomic E-state index is 12.6. The van der Waals surface area contributed by atoms with Crippen molar-refractivity contribution in [2.75, 3.05) is 10.6 Å². The van der Waals surface area contributed by atoms with Gasteiger partial charge in [-0.15, -0.1) is 0 Å². The van der Waals surface area contributed by atoms with Crippen LogP contribution in [0.25, 0.3) is 0 Å². The fraction of sp³-hybridized carbons (Fsp3) is 0.0500. The maximum absolute atomic E-state index is 12.6. The highest BCUT2D eigenvalue weighted by atomic mass is 35.5. The molecule has 0 bridgehead atoms. The summed E-state index contributed by atoms with van der Waals surface area (Å²) in [4.78, 5) is 16.9. The molecule has 2 aromatic carbocycles. The number of aromatic nitrogens is 1. The largest absolute Gasteiger partial charge is 0.340 e. The van der Waals surface area contributed by atoms with E-state index in [0.29, 0.717) is 22.1 Å². The molecule has 0 fully saturated rings. The van der Waals surface area contributed by atoms with Gasteiger partial charge in [-0.3, -0.25) is 4.79 Å². The van der Waals surface area contributed by atoms with E-state index in [1.165, 1.54) is 6.20 Å². The predicted octanol–water partition coefficient (Wildman–Crippen LogP) is 5.77. The predicted molar refractivity (Wildman–Crippen MR) is 111 cm³/mol. The molecule has 1 aromatic heterocycles. The van der Waals surface area contributed by atoms with Gasteiger partial charge in [-0.2, -0.15) is 0 Å². The highest BCUT2D eigenvalue weighted by Crippen LogP contribution is 2.29. The first-order chi connectivity index (χ1) is 13.0. The number of anilines is 3. The number of para-hydroxylation sites is 1. The van der Waals surface area contributed by atoms with Crippen molar-refractivity contribution in [3.63, 3.8) is 0 Å². The lowest BCUT2D eigenvalue weighted by Gasteiger charge is -2.15. The second-order valence-electron chi connectivity index (χ2n) is 5.79. The Bertz CT molecular complexity index is 989. The van der Waals surface area contributed by atoms with Crippen LogP contribution in [0.4, 0.5) is 17.2 Å². The standard InChI is InChI=1S/C20H16Cl2N4O/c1-12(23)17-18(22)16(20(27)26-15-9-7-13(21)8-10-15)11-24-19(17)25-14-5-3-2-4-6-14/h2-11,23H,1H3,(H,24,25)(H,26,27). The number of benzene rings is 2. The summed E-state index contributed by atoms with van der Waals surface area (Å²) in [5.74, 6) is 0.00493. The average Bonchev–Trinajstić information content (AvgIpc) is 2.64. The normalized spacial score (nSPS) is 10.3. The van der Waals surface area contributed by atoms with Gasteiger partial charge in [0.25, 0.3) is 5.91 Å². The number of hydrogen-bond donors (Lipinski definition) is 3. The minimum Gasteiger partial charge on any atom is -0.340 e. The summed E-state index contributed by atoms with van der Waals surface area (Å²) in [7, 11) is 0. The number of amides is 1. The van der Waals surface area contributed by atoms with Gasteiger partial charge >= 0.3 is 0 Å². The molecule has 136 valence electrons. The molecular weight excluding hydrogens is 383 g/mol. The molecular formula is C20H16Cl2N4O. The number of carbonyl (C=O) groups is 1. The Labute approximate surface area is 166 Å². The van der Waals surface area contributed by atoms with E-state index in [4.69, 9.17) is 28.6 Å². The SMILES string of the molecule is CC(=N)c1c(Nc2ccccc2)ncc(C(=O)Nc2ccc(Cl)cc2)c1Cl. The molecule has 1 heterocycles. The fourth-order valence-corrected chi connectivity index (χ4v) is 2.97. The van der Waals surface area contributed by atoms with Crippen LogP contribution in [0.15, 0.2) is 60.8 Å². The molecule has 27 heavy (non-hydrogen) atoms. The van der Waals surface area contributed by atoms with E-state index in [1.807, 2.05) is 30.3 Å². The number of carbonyl (C=O) groups excluding carboxylic acids is 1. The van der Waals surface area contributed by atoms with Gasteiger partial charge in [0.1, 0.15) is 5.82 Å². The van der Waals surface area contributed by atoms with Crippen LogP contribution in [0.1, 0.15) is 22.8 Å². The summed E-state index contributed by atoms with van der Waals surface area (Å²) in [6.07, 6.45) is 1.39. The van der Waals surface area contributed by atoms with E-state index in [1.54, 1.807) is 31.2 Å². The summed E-state index contributed by atoms with van der Waals surface area (Å²) in [6.45, 7) is 1.60. The van der Waals surface area contributed by atoms with Crippen molar-refractivity contribution in [1.29, 1.82) is 5.41 Å². The third kappa shape index (κ3) is 4.45. The van der Waals surface area contributed by atoms with Gasteiger partial charge < -0.3 is 16.0 Å². The lowest BCUT2D eigenvalue weighted by molar-refractivity contribution is 0.102. The van der Waals surface area contributed by atoms with E-state index in [0.717, 1.165) is 5.69 Å². The topological polar surface area (TPSA) is 77.9 Å². The Hall–Kier alpha value is -2.89. The number of pyridine rings is 1. The Morgan fingerprint density at radius 1 is 1.00 bits per heavy atom. The van der Waals surface area contributed by atoms with Crippen LogP contribution in [0, 0.1) is 5.41 Å². The van der Waals surface area contributed by atoms with Gasteiger partial charge in [0.2, 0.25) is 0 Å². The summed E-state index contributed by atoms with van der Waals surface area (Å²) in [5, 5.41) is 14.7. The monoisotopic (exact) mass is 398 g/mol. The second-order valence-corrected chi connectivity index (χ2v) is 6.60. The van der Waals surface area contributed by atoms with Crippen LogP contribution in [0.3, 0.4) is 0 Å². The molecule has 3 aromatic rings. The van der Waals surface area contributed by atoms with Crippen molar-refractivity contribution in [1.82, 2.24) is 4.98 Å². The third-order valence-electron chi connectivity index (χ3n) is 3.77. The molecule has 0 spiro atoms. The molecule has 0 radical (unpaired) electrons. The summed E-state index contributed by atoms with van der Waals surface area (Å²) < 4.78 is 0. The van der Waals surface area contributed by atoms with E-state index < -0.39 is 5.91 Å². The zero-order chi connectivity index (χ0) is 19.4. The summed E-state index contributed by atoms with van der Waals surface area (Å²) >= 11 is 12.3. The first kappa shape index (κ1) is 18.9. The molecule has 5 nitrogen and oxygen atoms in total. The van der Waals surface area contributed by atoms with Crippen molar-refractivity contribution < 1.29 is 4.79 Å². The minimum atomic E-state index is -0.413. The molecule has 0 aliphatic rings. The van der Waals surface area contributed by atoms with E-state index in [9.17, 15) is 4.79 Å². The lowest BCUT2D eigenvalue weighted by Crippen LogP contribution is -2.15. The van der Waals surface area contributed by atoms with Crippen molar-refractivity contribution in [2.24, 2.45) is 0 Å². The quantitative estimate of drug-likeness (QED) is 0.477. The van der Waals surface area contributed by atoms with Gasteiger partial charge in [-0.1, -0.05) is 41.4 Å².